The number of nitro groups is 1. The number of benzene rings is 1. The minimum absolute atomic E-state index is 0.0544. The molecule has 0 fully saturated rings. The molecule has 2 N–H and O–H groups in total. The van der Waals surface area contributed by atoms with E-state index in [2.05, 4.69) is 10.3 Å². The number of carbonyl (C=O) groups excluding carboxylic acids is 1. The van der Waals surface area contributed by atoms with Crippen molar-refractivity contribution in [2.45, 2.75) is 26.8 Å². The maximum absolute atomic E-state index is 12.3. The van der Waals surface area contributed by atoms with Gasteiger partial charge in [-0.25, -0.2) is 9.78 Å². The summed E-state index contributed by atoms with van der Waals surface area (Å²) in [7, 11) is 0. The van der Waals surface area contributed by atoms with Crippen LogP contribution in [0, 0.1) is 24.0 Å². The minimum Gasteiger partial charge on any atom is -0.477 e. The molecule has 1 unspecified atom stereocenters. The molecule has 1 heterocycles. The quantitative estimate of drug-likeness (QED) is 0.632. The highest BCUT2D eigenvalue weighted by Gasteiger charge is 2.20. The zero-order valence-corrected chi connectivity index (χ0v) is 14.0. The fourth-order valence-electron chi connectivity index (χ4n) is 2.14. The normalized spacial score (nSPS) is 11.8. The van der Waals surface area contributed by atoms with E-state index in [4.69, 9.17) is 5.11 Å². The van der Waals surface area contributed by atoms with Gasteiger partial charge in [0, 0.05) is 17.2 Å². The highest BCUT2D eigenvalue weighted by molar-refractivity contribution is 7.13. The summed E-state index contributed by atoms with van der Waals surface area (Å²) in [6.07, 6.45) is 0. The van der Waals surface area contributed by atoms with Gasteiger partial charge in [0.05, 0.1) is 16.7 Å². The second kappa shape index (κ2) is 6.75. The Hall–Kier alpha value is -2.81. The van der Waals surface area contributed by atoms with Gasteiger partial charge in [0.2, 0.25) is 0 Å². The number of hydrogen-bond acceptors (Lipinski definition) is 6. The van der Waals surface area contributed by atoms with Gasteiger partial charge in [-0.3, -0.25) is 14.9 Å². The molecule has 0 spiro atoms. The van der Waals surface area contributed by atoms with Gasteiger partial charge in [0.1, 0.15) is 9.88 Å². The van der Waals surface area contributed by atoms with Crippen molar-refractivity contribution in [2.24, 2.45) is 0 Å². The van der Waals surface area contributed by atoms with Crippen molar-refractivity contribution in [1.29, 1.82) is 0 Å². The Morgan fingerprint density at radius 3 is 2.54 bits per heavy atom. The molecule has 0 aliphatic rings. The van der Waals surface area contributed by atoms with Crippen LogP contribution in [-0.4, -0.2) is 26.9 Å². The Morgan fingerprint density at radius 2 is 2.04 bits per heavy atom. The fourth-order valence-corrected chi connectivity index (χ4v) is 3.05. The average Bonchev–Trinajstić information content (AvgIpc) is 2.89. The first-order chi connectivity index (χ1) is 11.2. The van der Waals surface area contributed by atoms with Gasteiger partial charge in [-0.2, -0.15) is 0 Å². The zero-order valence-electron chi connectivity index (χ0n) is 13.2. The molecule has 126 valence electrons. The summed E-state index contributed by atoms with van der Waals surface area (Å²) in [6, 6.07) is 3.62. The van der Waals surface area contributed by atoms with Crippen molar-refractivity contribution >= 4 is 28.9 Å². The van der Waals surface area contributed by atoms with E-state index in [1.54, 1.807) is 20.8 Å². The van der Waals surface area contributed by atoms with Gasteiger partial charge in [-0.1, -0.05) is 0 Å². The number of carboxylic acid groups (broad SMARTS) is 1. The number of thiazole rings is 1. The third kappa shape index (κ3) is 3.57. The standard InChI is InChI=1S/C15H15N3O5S/c1-7-6-10(4-5-11(7)18(22)23)13(19)16-9(3)14-17-8(2)12(24-14)15(20)21/h4-6,9H,1-3H3,(H,16,19)(H,20,21). The lowest BCUT2D eigenvalue weighted by Gasteiger charge is -2.11. The van der Waals surface area contributed by atoms with E-state index in [1.807, 2.05) is 0 Å². The Labute approximate surface area is 141 Å². The topological polar surface area (TPSA) is 122 Å². The Bertz CT molecular complexity index is 831. The van der Waals surface area contributed by atoms with Crippen LogP contribution < -0.4 is 5.32 Å². The van der Waals surface area contributed by atoms with E-state index in [0.717, 1.165) is 11.3 Å². The highest BCUT2D eigenvalue weighted by Crippen LogP contribution is 2.24. The first kappa shape index (κ1) is 17.5. The molecular weight excluding hydrogens is 334 g/mol. The number of aromatic nitrogens is 1. The van der Waals surface area contributed by atoms with Gasteiger partial charge in [-0.15, -0.1) is 11.3 Å². The maximum atomic E-state index is 12.3. The third-order valence-electron chi connectivity index (χ3n) is 3.38. The molecule has 2 rings (SSSR count). The predicted molar refractivity (Wildman–Crippen MR) is 87.5 cm³/mol. The molecule has 0 saturated carbocycles. The van der Waals surface area contributed by atoms with E-state index >= 15 is 0 Å². The second-order valence-corrected chi connectivity index (χ2v) is 6.26. The molecule has 0 saturated heterocycles. The van der Waals surface area contributed by atoms with E-state index in [0.29, 0.717) is 16.3 Å². The van der Waals surface area contributed by atoms with Gasteiger partial charge in [0.25, 0.3) is 11.6 Å². The molecule has 0 radical (unpaired) electrons. The summed E-state index contributed by atoms with van der Waals surface area (Å²) in [5, 5.41) is 23.1. The van der Waals surface area contributed by atoms with Crippen LogP contribution in [0.3, 0.4) is 0 Å². The van der Waals surface area contributed by atoms with Gasteiger partial charge in [0.15, 0.2) is 0 Å². The molecule has 0 aliphatic heterocycles. The SMILES string of the molecule is Cc1cc(C(=O)NC(C)c2nc(C)c(C(=O)O)s2)ccc1[N+](=O)[O-]. The fraction of sp³-hybridized carbons (Fsp3) is 0.267. The van der Waals surface area contributed by atoms with Crippen molar-refractivity contribution < 1.29 is 19.6 Å². The number of nitrogens with one attached hydrogen (secondary N) is 1. The summed E-state index contributed by atoms with van der Waals surface area (Å²) in [4.78, 5) is 37.9. The number of nitrogens with zero attached hydrogens (tertiary/aromatic N) is 2. The van der Waals surface area contributed by atoms with Crippen molar-refractivity contribution in [3.05, 3.63) is 55.0 Å². The van der Waals surface area contributed by atoms with Crippen LogP contribution in [-0.2, 0) is 0 Å². The van der Waals surface area contributed by atoms with E-state index in [1.165, 1.54) is 18.2 Å². The second-order valence-electron chi connectivity index (χ2n) is 5.23. The summed E-state index contributed by atoms with van der Waals surface area (Å²) in [5.74, 6) is -1.47. The zero-order chi connectivity index (χ0) is 18.0. The third-order valence-corrected chi connectivity index (χ3v) is 4.71. The summed E-state index contributed by atoms with van der Waals surface area (Å²) in [5.41, 5.74) is 1.02. The Morgan fingerprint density at radius 1 is 1.38 bits per heavy atom. The van der Waals surface area contributed by atoms with Crippen LogP contribution in [0.1, 0.15) is 49.3 Å². The van der Waals surface area contributed by atoms with E-state index < -0.39 is 22.8 Å². The summed E-state index contributed by atoms with van der Waals surface area (Å²) in [6.45, 7) is 4.85. The van der Waals surface area contributed by atoms with Crippen molar-refractivity contribution in [3.8, 4) is 0 Å². The number of carbonyl (C=O) groups is 2. The average molecular weight is 349 g/mol. The minimum atomic E-state index is -1.05. The predicted octanol–water partition coefficient (Wildman–Crippen LogP) is 2.86. The number of hydrogen-bond donors (Lipinski definition) is 2. The van der Waals surface area contributed by atoms with Crippen LogP contribution in [0.4, 0.5) is 5.69 Å². The molecule has 1 amide bonds. The van der Waals surface area contributed by atoms with Crippen LogP contribution in [0.25, 0.3) is 0 Å². The van der Waals surface area contributed by atoms with Crippen LogP contribution in [0.2, 0.25) is 0 Å². The molecule has 9 heteroatoms. The maximum Gasteiger partial charge on any atom is 0.347 e. The molecule has 0 aliphatic carbocycles. The number of aromatic carboxylic acids is 1. The largest absolute Gasteiger partial charge is 0.477 e. The number of carboxylic acids is 1. The smallest absolute Gasteiger partial charge is 0.347 e. The molecular formula is C15H15N3O5S. The lowest BCUT2D eigenvalue weighted by atomic mass is 10.1. The molecule has 1 aromatic heterocycles. The number of nitro benzene ring substituents is 1. The van der Waals surface area contributed by atoms with Crippen LogP contribution >= 0.6 is 11.3 Å². The van der Waals surface area contributed by atoms with Gasteiger partial charge < -0.3 is 10.4 Å². The molecule has 8 nitrogen and oxygen atoms in total. The summed E-state index contributed by atoms with van der Waals surface area (Å²) < 4.78 is 0. The van der Waals surface area contributed by atoms with Crippen LogP contribution in [0.5, 0.6) is 0 Å². The number of rotatable bonds is 5. The number of aryl methyl sites for hydroxylation is 2. The lowest BCUT2D eigenvalue weighted by molar-refractivity contribution is -0.385. The first-order valence-corrected chi connectivity index (χ1v) is 7.79. The molecule has 2 aromatic rings. The van der Waals surface area contributed by atoms with Crippen molar-refractivity contribution in [2.75, 3.05) is 0 Å². The van der Waals surface area contributed by atoms with E-state index in [-0.39, 0.29) is 16.1 Å². The molecule has 0 bridgehead atoms. The monoisotopic (exact) mass is 349 g/mol. The molecule has 24 heavy (non-hydrogen) atoms. The Kier molecular flexibility index (Phi) is 4.93. The van der Waals surface area contributed by atoms with Gasteiger partial charge in [-0.05, 0) is 32.9 Å². The van der Waals surface area contributed by atoms with Crippen LogP contribution in [0.15, 0.2) is 18.2 Å². The van der Waals surface area contributed by atoms with Crippen molar-refractivity contribution in [1.82, 2.24) is 10.3 Å². The van der Waals surface area contributed by atoms with E-state index in [9.17, 15) is 19.7 Å². The molecule has 1 atom stereocenters. The molecule has 1 aromatic carbocycles. The Balaban J connectivity index is 2.17. The highest BCUT2D eigenvalue weighted by atomic mass is 32.1. The number of amides is 1. The van der Waals surface area contributed by atoms with Gasteiger partial charge >= 0.3 is 5.97 Å². The van der Waals surface area contributed by atoms with Crippen molar-refractivity contribution in [3.63, 3.8) is 0 Å². The lowest BCUT2D eigenvalue weighted by Crippen LogP contribution is -2.26. The summed E-state index contributed by atoms with van der Waals surface area (Å²) >= 11 is 1.01. The first-order valence-electron chi connectivity index (χ1n) is 6.97.